The maximum Gasteiger partial charge on any atom is 0.161 e. The van der Waals surface area contributed by atoms with E-state index >= 15 is 0 Å². The third-order valence-electron chi connectivity index (χ3n) is 2.79. The van der Waals surface area contributed by atoms with Crippen molar-refractivity contribution in [3.05, 3.63) is 59.7 Å². The normalized spacial score (nSPS) is 12.0. The summed E-state index contributed by atoms with van der Waals surface area (Å²) >= 11 is 0. The van der Waals surface area contributed by atoms with Crippen LogP contribution in [-0.2, 0) is 0 Å². The van der Waals surface area contributed by atoms with Crippen LogP contribution in [0.15, 0.2) is 42.5 Å². The predicted molar refractivity (Wildman–Crippen MR) is 69.8 cm³/mol. The molecular formula is C15H14F2O3. The molecule has 1 N–H and O–H groups in total. The molecule has 0 aromatic heterocycles. The van der Waals surface area contributed by atoms with Crippen molar-refractivity contribution in [1.29, 1.82) is 0 Å². The lowest BCUT2D eigenvalue weighted by atomic mass is 10.1. The van der Waals surface area contributed by atoms with E-state index in [2.05, 4.69) is 0 Å². The van der Waals surface area contributed by atoms with Crippen molar-refractivity contribution in [1.82, 2.24) is 0 Å². The summed E-state index contributed by atoms with van der Waals surface area (Å²) in [5.41, 5.74) is -0.0127. The van der Waals surface area contributed by atoms with Gasteiger partial charge in [0.1, 0.15) is 24.3 Å². The lowest BCUT2D eigenvalue weighted by Gasteiger charge is -2.15. The largest absolute Gasteiger partial charge is 0.493 e. The standard InChI is InChI=1S/C15H14F2O3/c1-19-14-4-2-3-5-15(14)20-9-13(18)11-7-6-10(16)8-12(11)17/h2-8,13,18H,9H2,1H3. The second-order valence-corrected chi connectivity index (χ2v) is 4.14. The van der Waals surface area contributed by atoms with E-state index in [9.17, 15) is 13.9 Å². The summed E-state index contributed by atoms with van der Waals surface area (Å²) < 4.78 is 36.8. The maximum atomic E-state index is 13.5. The zero-order chi connectivity index (χ0) is 14.5. The molecule has 2 aromatic carbocycles. The highest BCUT2D eigenvalue weighted by molar-refractivity contribution is 5.39. The summed E-state index contributed by atoms with van der Waals surface area (Å²) in [5, 5.41) is 9.89. The van der Waals surface area contributed by atoms with Gasteiger partial charge in [-0.2, -0.15) is 0 Å². The zero-order valence-corrected chi connectivity index (χ0v) is 10.8. The Bertz CT molecular complexity index is 587. The maximum absolute atomic E-state index is 13.5. The van der Waals surface area contributed by atoms with Gasteiger partial charge in [-0.05, 0) is 18.2 Å². The topological polar surface area (TPSA) is 38.7 Å². The lowest BCUT2D eigenvalue weighted by molar-refractivity contribution is 0.103. The van der Waals surface area contributed by atoms with Crippen LogP contribution < -0.4 is 9.47 Å². The molecule has 0 saturated heterocycles. The van der Waals surface area contributed by atoms with Crippen LogP contribution >= 0.6 is 0 Å². The van der Waals surface area contributed by atoms with Gasteiger partial charge in [0.05, 0.1) is 7.11 Å². The zero-order valence-electron chi connectivity index (χ0n) is 10.8. The predicted octanol–water partition coefficient (Wildman–Crippen LogP) is 3.09. The van der Waals surface area contributed by atoms with Gasteiger partial charge in [-0.1, -0.05) is 18.2 Å². The van der Waals surface area contributed by atoms with Gasteiger partial charge >= 0.3 is 0 Å². The van der Waals surface area contributed by atoms with Gasteiger partial charge in [0.15, 0.2) is 11.5 Å². The third kappa shape index (κ3) is 3.24. The Morgan fingerprint density at radius 1 is 1.10 bits per heavy atom. The van der Waals surface area contributed by atoms with E-state index in [1.807, 2.05) is 0 Å². The summed E-state index contributed by atoms with van der Waals surface area (Å²) in [4.78, 5) is 0. The molecule has 0 amide bonds. The fourth-order valence-corrected chi connectivity index (χ4v) is 1.77. The molecule has 106 valence electrons. The molecule has 0 bridgehead atoms. The summed E-state index contributed by atoms with van der Waals surface area (Å²) in [5.74, 6) is -0.541. The van der Waals surface area contributed by atoms with Crippen molar-refractivity contribution >= 4 is 0 Å². The first kappa shape index (κ1) is 14.3. The highest BCUT2D eigenvalue weighted by Crippen LogP contribution is 2.27. The molecule has 0 aliphatic rings. The van der Waals surface area contributed by atoms with Crippen molar-refractivity contribution in [2.24, 2.45) is 0 Å². The number of hydrogen-bond donors (Lipinski definition) is 1. The van der Waals surface area contributed by atoms with Gasteiger partial charge < -0.3 is 14.6 Å². The van der Waals surface area contributed by atoms with Crippen molar-refractivity contribution < 1.29 is 23.4 Å². The van der Waals surface area contributed by atoms with Crippen LogP contribution in [0.2, 0.25) is 0 Å². The summed E-state index contributed by atoms with van der Waals surface area (Å²) in [7, 11) is 1.50. The number of ether oxygens (including phenoxy) is 2. The fraction of sp³-hybridized carbons (Fsp3) is 0.200. The average Bonchev–Trinajstić information content (AvgIpc) is 2.45. The van der Waals surface area contributed by atoms with E-state index in [-0.39, 0.29) is 12.2 Å². The molecule has 1 atom stereocenters. The quantitative estimate of drug-likeness (QED) is 0.914. The summed E-state index contributed by atoms with van der Waals surface area (Å²) in [6, 6.07) is 9.92. The monoisotopic (exact) mass is 280 g/mol. The van der Waals surface area contributed by atoms with Crippen molar-refractivity contribution in [2.45, 2.75) is 6.10 Å². The first-order valence-electron chi connectivity index (χ1n) is 6.00. The molecule has 0 heterocycles. The number of benzene rings is 2. The van der Waals surface area contributed by atoms with Crippen LogP contribution in [-0.4, -0.2) is 18.8 Å². The van der Waals surface area contributed by atoms with Gasteiger partial charge in [-0.3, -0.25) is 0 Å². The van der Waals surface area contributed by atoms with E-state index in [0.29, 0.717) is 11.5 Å². The molecule has 0 aliphatic carbocycles. The smallest absolute Gasteiger partial charge is 0.161 e. The molecule has 1 unspecified atom stereocenters. The van der Waals surface area contributed by atoms with Crippen LogP contribution in [0.5, 0.6) is 11.5 Å². The molecule has 3 nitrogen and oxygen atoms in total. The minimum atomic E-state index is -1.19. The Hall–Kier alpha value is -2.14. The van der Waals surface area contributed by atoms with Crippen LogP contribution in [0.3, 0.4) is 0 Å². The van der Waals surface area contributed by atoms with Crippen LogP contribution in [0, 0.1) is 11.6 Å². The Kier molecular flexibility index (Phi) is 4.53. The van der Waals surface area contributed by atoms with Gasteiger partial charge in [-0.25, -0.2) is 8.78 Å². The van der Waals surface area contributed by atoms with Gasteiger partial charge in [-0.15, -0.1) is 0 Å². The molecule has 0 radical (unpaired) electrons. The second kappa shape index (κ2) is 6.34. The Morgan fingerprint density at radius 3 is 2.45 bits per heavy atom. The number of aliphatic hydroxyl groups excluding tert-OH is 1. The van der Waals surface area contributed by atoms with Crippen molar-refractivity contribution in [3.8, 4) is 11.5 Å². The number of rotatable bonds is 5. The number of halogens is 2. The molecule has 0 aliphatic heterocycles. The van der Waals surface area contributed by atoms with Crippen LogP contribution in [0.25, 0.3) is 0 Å². The minimum Gasteiger partial charge on any atom is -0.493 e. The van der Waals surface area contributed by atoms with E-state index in [1.54, 1.807) is 24.3 Å². The first-order valence-corrected chi connectivity index (χ1v) is 6.00. The van der Waals surface area contributed by atoms with E-state index in [4.69, 9.17) is 9.47 Å². The molecule has 5 heteroatoms. The summed E-state index contributed by atoms with van der Waals surface area (Å²) in [6.45, 7) is -0.164. The third-order valence-corrected chi connectivity index (χ3v) is 2.79. The van der Waals surface area contributed by atoms with E-state index < -0.39 is 17.7 Å². The SMILES string of the molecule is COc1ccccc1OCC(O)c1ccc(F)cc1F. The highest BCUT2D eigenvalue weighted by Gasteiger charge is 2.15. The molecule has 2 rings (SSSR count). The van der Waals surface area contributed by atoms with Gasteiger partial charge in [0, 0.05) is 11.6 Å². The molecule has 2 aromatic rings. The number of aliphatic hydroxyl groups is 1. The van der Waals surface area contributed by atoms with Gasteiger partial charge in [0.2, 0.25) is 0 Å². The van der Waals surface area contributed by atoms with Crippen LogP contribution in [0.4, 0.5) is 8.78 Å². The number of hydrogen-bond acceptors (Lipinski definition) is 3. The Morgan fingerprint density at radius 2 is 1.80 bits per heavy atom. The van der Waals surface area contributed by atoms with E-state index in [0.717, 1.165) is 12.1 Å². The highest BCUT2D eigenvalue weighted by atomic mass is 19.1. The first-order chi connectivity index (χ1) is 9.61. The number of para-hydroxylation sites is 2. The molecule has 0 fully saturated rings. The molecule has 20 heavy (non-hydrogen) atoms. The van der Waals surface area contributed by atoms with Crippen molar-refractivity contribution in [2.75, 3.05) is 13.7 Å². The van der Waals surface area contributed by atoms with Crippen molar-refractivity contribution in [3.63, 3.8) is 0 Å². The van der Waals surface area contributed by atoms with E-state index in [1.165, 1.54) is 13.2 Å². The average molecular weight is 280 g/mol. The Balaban J connectivity index is 2.06. The number of methoxy groups -OCH3 is 1. The lowest BCUT2D eigenvalue weighted by Crippen LogP contribution is -2.12. The molecule has 0 saturated carbocycles. The Labute approximate surface area is 115 Å². The fourth-order valence-electron chi connectivity index (χ4n) is 1.77. The molecular weight excluding hydrogens is 266 g/mol. The van der Waals surface area contributed by atoms with Crippen LogP contribution in [0.1, 0.15) is 11.7 Å². The molecule has 0 spiro atoms. The minimum absolute atomic E-state index is 0.0127. The summed E-state index contributed by atoms with van der Waals surface area (Å²) in [6.07, 6.45) is -1.19. The van der Waals surface area contributed by atoms with Gasteiger partial charge in [0.25, 0.3) is 0 Å². The second-order valence-electron chi connectivity index (χ2n) is 4.14.